The van der Waals surface area contributed by atoms with E-state index in [4.69, 9.17) is 79.2 Å². The molecule has 0 aromatic rings. The van der Waals surface area contributed by atoms with Gasteiger partial charge in [-0.15, -0.1) is 0 Å². The Bertz CT molecular complexity index is 436. The van der Waals surface area contributed by atoms with Crippen LogP contribution in [-0.2, 0) is 18.9 Å². The molecule has 20 nitrogen and oxygen atoms in total. The maximum atomic E-state index is 9.06. The molecule has 0 rings (SSSR count). The van der Waals surface area contributed by atoms with Gasteiger partial charge in [0, 0.05) is 0 Å². The van der Waals surface area contributed by atoms with Gasteiger partial charge in [0.15, 0.2) is 0 Å². The molecule has 0 heterocycles. The number of hydrogen-bond donors (Lipinski definition) is 0. The SMILES string of the molecule is O=C([O-])OC(=O)[O-].O=C([O-])OC(=O)[O-].O=C([O-])OC(=O)[O-].O=C([O-])OC(=O)[O-].[C+4].[C+4]. The molecule has 0 bridgehead atoms. The van der Waals surface area contributed by atoms with E-state index >= 15 is 0 Å². The third kappa shape index (κ3) is 92.2. The average Bonchev–Trinajstić information content (AvgIpc) is 2.32. The predicted molar refractivity (Wildman–Crippen MR) is 54.0 cm³/mol. The normalized spacial score (nSPS) is 6.93. The first kappa shape index (κ1) is 39.9. The first-order valence-corrected chi connectivity index (χ1v) is 4.90. The monoisotopic (exact) mass is 440 g/mol. The topological polar surface area (TPSA) is 358 Å². The van der Waals surface area contributed by atoms with Crippen LogP contribution in [0.2, 0.25) is 0 Å². The summed E-state index contributed by atoms with van der Waals surface area (Å²) >= 11 is 0. The maximum absolute atomic E-state index is 9.06. The van der Waals surface area contributed by atoms with Crippen LogP contribution in [0.3, 0.4) is 0 Å². The van der Waals surface area contributed by atoms with Crippen LogP contribution in [-0.4, -0.2) is 49.2 Å². The van der Waals surface area contributed by atoms with E-state index in [0.717, 1.165) is 0 Å². The van der Waals surface area contributed by atoms with E-state index in [1.54, 1.807) is 0 Å². The molecule has 0 saturated heterocycles. The van der Waals surface area contributed by atoms with Gasteiger partial charge >= 0.3 is 14.9 Å². The van der Waals surface area contributed by atoms with Crippen LogP contribution in [0.4, 0.5) is 38.4 Å². The molecule has 0 atom stereocenters. The van der Waals surface area contributed by atoms with Gasteiger partial charge in [-0.25, -0.2) is 0 Å². The second kappa shape index (κ2) is 24.0. The molecule has 0 aliphatic carbocycles. The Morgan fingerprint density at radius 2 is 0.367 bits per heavy atom. The summed E-state index contributed by atoms with van der Waals surface area (Å²) < 4.78 is 11.4. The first-order valence-electron chi connectivity index (χ1n) is 4.90. The van der Waals surface area contributed by atoms with Gasteiger partial charge in [0.1, 0.15) is 0 Å². The Labute approximate surface area is 163 Å². The molecule has 0 fully saturated rings. The van der Waals surface area contributed by atoms with Crippen molar-refractivity contribution in [1.82, 2.24) is 0 Å². The molecular formula is C10O20. The van der Waals surface area contributed by atoms with Crippen molar-refractivity contribution in [1.29, 1.82) is 0 Å². The third-order valence-corrected chi connectivity index (χ3v) is 0.667. The Morgan fingerprint density at radius 1 is 0.300 bits per heavy atom. The second-order valence-electron chi connectivity index (χ2n) is 2.41. The van der Waals surface area contributed by atoms with E-state index in [1.807, 2.05) is 0 Å². The fraction of sp³-hybridized carbons (Fsp3) is 0. The van der Waals surface area contributed by atoms with Gasteiger partial charge in [0.25, 0.3) is 49.2 Å². The van der Waals surface area contributed by atoms with Crippen molar-refractivity contribution in [2.75, 3.05) is 0 Å². The minimum Gasteiger partial charge on any atom is -0.483 e. The molecular weight excluding hydrogens is 440 g/mol. The standard InChI is InChI=1S/4C2H2O5.2C/c4*3-1(4)7-2(5)6;;/h4*(H,3,4)(H,5,6);;/q;;;;2*+4/p-8. The van der Waals surface area contributed by atoms with Crippen LogP contribution in [0.25, 0.3) is 0 Å². The maximum Gasteiger partial charge on any atom is 4.00 e. The van der Waals surface area contributed by atoms with Crippen LogP contribution >= 0.6 is 0 Å². The molecule has 0 aromatic heterocycles. The molecule has 0 spiro atoms. The van der Waals surface area contributed by atoms with Gasteiger partial charge < -0.3 is 98.2 Å². The van der Waals surface area contributed by atoms with Crippen molar-refractivity contribution in [3.05, 3.63) is 14.9 Å². The molecule has 0 aliphatic heterocycles. The van der Waals surface area contributed by atoms with Gasteiger partial charge in [-0.2, -0.15) is 0 Å². The van der Waals surface area contributed by atoms with E-state index in [9.17, 15) is 0 Å². The number of ether oxygens (including phenoxy) is 4. The van der Waals surface area contributed by atoms with E-state index in [-0.39, 0.29) is 14.9 Å². The number of carboxylic acid groups (broad SMARTS) is 8. The Kier molecular flexibility index (Phi) is 31.8. The molecule has 0 N–H and O–H groups in total. The molecule has 0 amide bonds. The van der Waals surface area contributed by atoms with E-state index in [1.165, 1.54) is 0 Å². The number of carbonyl (C=O) groups is 8. The van der Waals surface area contributed by atoms with Crippen LogP contribution < -0.4 is 40.9 Å². The number of carbonyl (C=O) groups excluding carboxylic acids is 8. The predicted octanol–water partition coefficient (Wildman–Crippen LogP) is -9.08. The summed E-state index contributed by atoms with van der Waals surface area (Å²) in [4.78, 5) is 72.4. The summed E-state index contributed by atoms with van der Waals surface area (Å²) in [6.07, 6.45) is -17.0. The van der Waals surface area contributed by atoms with Crippen molar-refractivity contribution in [3.63, 3.8) is 0 Å². The summed E-state index contributed by atoms with van der Waals surface area (Å²) in [5, 5.41) is 72.4. The van der Waals surface area contributed by atoms with Crippen molar-refractivity contribution in [2.45, 2.75) is 0 Å². The van der Waals surface area contributed by atoms with Crippen LogP contribution in [0, 0.1) is 14.9 Å². The third-order valence-electron chi connectivity index (χ3n) is 0.667. The quantitative estimate of drug-likeness (QED) is 0.191. The minimum atomic E-state index is -2.12. The molecule has 30 heavy (non-hydrogen) atoms. The van der Waals surface area contributed by atoms with Gasteiger partial charge in [0.05, 0.1) is 0 Å². The zero-order chi connectivity index (χ0) is 23.4. The Morgan fingerprint density at radius 3 is 0.367 bits per heavy atom. The summed E-state index contributed by atoms with van der Waals surface area (Å²) in [5.74, 6) is 0. The van der Waals surface area contributed by atoms with Crippen molar-refractivity contribution >= 4 is 49.2 Å². The largest absolute Gasteiger partial charge is 4.00 e. The van der Waals surface area contributed by atoms with E-state index < -0.39 is 49.2 Å². The zero-order valence-electron chi connectivity index (χ0n) is 13.2. The molecule has 0 radical (unpaired) electrons. The summed E-state index contributed by atoms with van der Waals surface area (Å²) in [6, 6.07) is 0. The fourth-order valence-electron chi connectivity index (χ4n) is 0.272. The smallest absolute Gasteiger partial charge is 0.483 e. The van der Waals surface area contributed by atoms with Crippen LogP contribution in [0.5, 0.6) is 0 Å². The van der Waals surface area contributed by atoms with Crippen molar-refractivity contribution in [3.8, 4) is 0 Å². The second-order valence-corrected chi connectivity index (χ2v) is 2.41. The molecule has 0 saturated carbocycles. The van der Waals surface area contributed by atoms with Gasteiger partial charge in [-0.1, -0.05) is 0 Å². The molecule has 20 heteroatoms. The number of hydrogen-bond acceptors (Lipinski definition) is 20. The van der Waals surface area contributed by atoms with E-state index in [2.05, 4.69) is 18.9 Å². The van der Waals surface area contributed by atoms with Crippen molar-refractivity contribution < 1.29 is 98.2 Å². The van der Waals surface area contributed by atoms with Crippen LogP contribution in [0.1, 0.15) is 0 Å². The van der Waals surface area contributed by atoms with Gasteiger partial charge in [-0.3, -0.25) is 0 Å². The van der Waals surface area contributed by atoms with Gasteiger partial charge in [0.2, 0.25) is 0 Å². The van der Waals surface area contributed by atoms with Crippen LogP contribution in [0.15, 0.2) is 0 Å². The molecule has 0 unspecified atom stereocenters. The number of rotatable bonds is 0. The molecule has 160 valence electrons. The van der Waals surface area contributed by atoms with Crippen molar-refractivity contribution in [2.24, 2.45) is 0 Å². The zero-order valence-corrected chi connectivity index (χ0v) is 13.2. The minimum absolute atomic E-state index is 0. The molecule has 0 aliphatic rings. The summed E-state index contributed by atoms with van der Waals surface area (Å²) in [7, 11) is 0. The fourth-order valence-corrected chi connectivity index (χ4v) is 0.272. The van der Waals surface area contributed by atoms with E-state index in [0.29, 0.717) is 0 Å². The molecule has 0 aromatic carbocycles. The Balaban J connectivity index is -0.0000000626. The summed E-state index contributed by atoms with van der Waals surface area (Å²) in [6.45, 7) is 0. The van der Waals surface area contributed by atoms with Gasteiger partial charge in [-0.05, 0) is 0 Å². The first-order chi connectivity index (χ1) is 12.5. The average molecular weight is 440 g/mol. The summed E-state index contributed by atoms with van der Waals surface area (Å²) in [5.41, 5.74) is 0. The Hall–Kier alpha value is -5.04.